The fourth-order valence-corrected chi connectivity index (χ4v) is 2.31. The molecule has 0 saturated carbocycles. The number of imidazole rings is 1. The zero-order valence-corrected chi connectivity index (χ0v) is 12.8. The van der Waals surface area contributed by atoms with Crippen molar-refractivity contribution >= 4 is 21.3 Å². The van der Waals surface area contributed by atoms with E-state index in [1.54, 1.807) is 11.3 Å². The Morgan fingerprint density at radius 2 is 2.15 bits per heavy atom. The minimum Gasteiger partial charge on any atom is -0.426 e. The molecule has 3 nitrogen and oxygen atoms in total. The van der Waals surface area contributed by atoms with Crippen LogP contribution in [0.1, 0.15) is 11.4 Å². The van der Waals surface area contributed by atoms with Crippen LogP contribution in [0.3, 0.4) is 0 Å². The Morgan fingerprint density at radius 3 is 2.69 bits per heavy atom. The van der Waals surface area contributed by atoms with Crippen LogP contribution in [0, 0.1) is 51.2 Å². The first kappa shape index (κ1) is 11.1. The maximum absolute atomic E-state index is 4.16. The molecule has 0 aliphatic rings. The summed E-state index contributed by atoms with van der Waals surface area (Å²) >= 11 is 1.65. The van der Waals surface area contributed by atoms with E-state index in [0.717, 1.165) is 10.7 Å². The molecule has 0 fully saturated rings. The zero-order chi connectivity index (χ0) is 8.72. The normalized spacial score (nSPS) is 10.1. The van der Waals surface area contributed by atoms with Crippen LogP contribution in [0.2, 0.25) is 0 Å². The first-order chi connectivity index (χ1) is 5.74. The molecule has 0 radical (unpaired) electrons. The van der Waals surface area contributed by atoms with Crippen LogP contribution in [-0.4, -0.2) is 16.4 Å². The van der Waals surface area contributed by atoms with E-state index in [1.165, 1.54) is 10.7 Å². The van der Waals surface area contributed by atoms with Crippen molar-refractivity contribution < 1.29 is 31.1 Å². The molecular formula is C8H10N3SU-. The summed E-state index contributed by atoms with van der Waals surface area (Å²) in [4.78, 5) is 5.17. The van der Waals surface area contributed by atoms with Crippen LogP contribution in [0.25, 0.3) is 4.96 Å². The van der Waals surface area contributed by atoms with Gasteiger partial charge in [0, 0.05) is 48.8 Å². The second-order valence-corrected chi connectivity index (χ2v) is 3.67. The van der Waals surface area contributed by atoms with Gasteiger partial charge in [0.05, 0.1) is 5.00 Å². The first-order valence-corrected chi connectivity index (χ1v) is 4.59. The van der Waals surface area contributed by atoms with E-state index in [1.807, 2.05) is 14.0 Å². The molecule has 0 aliphatic carbocycles. The number of fused-ring (bicyclic) bond motifs is 1. The summed E-state index contributed by atoms with van der Waals surface area (Å²) in [6, 6.07) is 0. The van der Waals surface area contributed by atoms with Gasteiger partial charge in [0.1, 0.15) is 0 Å². The Labute approximate surface area is 105 Å². The number of rotatable bonds is 1. The van der Waals surface area contributed by atoms with Crippen molar-refractivity contribution in [2.24, 2.45) is 0 Å². The van der Waals surface area contributed by atoms with E-state index >= 15 is 0 Å². The predicted molar refractivity (Wildman–Crippen MR) is 50.9 cm³/mol. The van der Waals surface area contributed by atoms with Gasteiger partial charge in [0.25, 0.3) is 0 Å². The summed E-state index contributed by atoms with van der Waals surface area (Å²) in [6.45, 7) is 4.09. The summed E-state index contributed by atoms with van der Waals surface area (Å²) in [6.07, 6.45) is 2.94. The van der Waals surface area contributed by atoms with Gasteiger partial charge in [0.2, 0.25) is 0 Å². The number of nitrogens with one attached hydrogen (secondary N) is 1. The number of hydrogen-bond acceptors (Lipinski definition) is 3. The number of nitrogens with zero attached hydrogens (tertiary/aromatic N) is 2. The van der Waals surface area contributed by atoms with Gasteiger partial charge in [-0.05, 0) is 13.8 Å². The number of aryl methyl sites for hydroxylation is 2. The third-order valence-electron chi connectivity index (χ3n) is 1.92. The van der Waals surface area contributed by atoms with Crippen molar-refractivity contribution in [2.75, 3.05) is 12.4 Å². The maximum Gasteiger partial charge on any atom is 0.0919 e. The van der Waals surface area contributed by atoms with Crippen molar-refractivity contribution in [3.63, 3.8) is 0 Å². The Kier molecular flexibility index (Phi) is 3.45. The van der Waals surface area contributed by atoms with Crippen LogP contribution < -0.4 is 5.32 Å². The van der Waals surface area contributed by atoms with E-state index in [2.05, 4.69) is 27.8 Å². The third-order valence-corrected chi connectivity index (χ3v) is 3.08. The molecule has 68 valence electrons. The monoisotopic (exact) mass is 418 g/mol. The molecule has 0 bridgehead atoms. The van der Waals surface area contributed by atoms with Gasteiger partial charge < -0.3 is 14.7 Å². The fraction of sp³-hybridized carbons (Fsp3) is 0.375. The summed E-state index contributed by atoms with van der Waals surface area (Å²) in [5, 5.41) is 4.32. The standard InChI is InChI=1S/C8H10N3S.U/c1-5-4-10-8-11(5)6(2)7(9-3)12-8;/h9H,1-3H3;/q-1;. The second kappa shape index (κ2) is 4.04. The number of hydrogen-bond donors (Lipinski definition) is 1. The minimum atomic E-state index is 0. The molecule has 2 rings (SSSR count). The predicted octanol–water partition coefficient (Wildman–Crippen LogP) is 1.85. The van der Waals surface area contributed by atoms with Crippen molar-refractivity contribution in [2.45, 2.75) is 13.8 Å². The van der Waals surface area contributed by atoms with Crippen LogP contribution in [0.4, 0.5) is 5.00 Å². The quantitative estimate of drug-likeness (QED) is 0.717. The van der Waals surface area contributed by atoms with E-state index in [4.69, 9.17) is 0 Å². The molecule has 2 heterocycles. The largest absolute Gasteiger partial charge is 0.426 e. The molecule has 0 amide bonds. The SMILES string of the molecule is CNc1sc2n[c-]c(C)n2c1C.[U]. The van der Waals surface area contributed by atoms with Gasteiger partial charge in [-0.15, -0.1) is 6.20 Å². The Balaban J connectivity index is 0.000000845. The summed E-state index contributed by atoms with van der Waals surface area (Å²) in [5.74, 6) is 0. The number of thiazole rings is 1. The Bertz CT molecular complexity index is 418. The molecular weight excluding hydrogens is 408 g/mol. The van der Waals surface area contributed by atoms with Gasteiger partial charge in [-0.3, -0.25) is 0 Å². The zero-order valence-electron chi connectivity index (χ0n) is 7.80. The van der Waals surface area contributed by atoms with Crippen molar-refractivity contribution in [3.05, 3.63) is 17.6 Å². The molecule has 0 aromatic carbocycles. The Morgan fingerprint density at radius 1 is 1.46 bits per heavy atom. The van der Waals surface area contributed by atoms with Gasteiger partial charge in [-0.25, -0.2) is 0 Å². The molecule has 0 spiro atoms. The van der Waals surface area contributed by atoms with Crippen LogP contribution in [0.5, 0.6) is 0 Å². The minimum absolute atomic E-state index is 0. The van der Waals surface area contributed by atoms with Crippen molar-refractivity contribution in [3.8, 4) is 0 Å². The van der Waals surface area contributed by atoms with Gasteiger partial charge in [-0.1, -0.05) is 5.69 Å². The molecule has 13 heavy (non-hydrogen) atoms. The fourth-order valence-electron chi connectivity index (χ4n) is 1.33. The summed E-state index contributed by atoms with van der Waals surface area (Å²) < 4.78 is 2.11. The average Bonchev–Trinajstić information content (AvgIpc) is 2.55. The van der Waals surface area contributed by atoms with E-state index in [-0.39, 0.29) is 31.1 Å². The van der Waals surface area contributed by atoms with Gasteiger partial charge in [0.15, 0.2) is 0 Å². The molecule has 1 N–H and O–H groups in total. The number of aromatic nitrogens is 2. The summed E-state index contributed by atoms with van der Waals surface area (Å²) in [5.41, 5.74) is 2.28. The molecule has 0 atom stereocenters. The van der Waals surface area contributed by atoms with Gasteiger partial charge in [-0.2, -0.15) is 11.3 Å². The van der Waals surface area contributed by atoms with Crippen molar-refractivity contribution in [1.82, 2.24) is 9.38 Å². The van der Waals surface area contributed by atoms with Crippen molar-refractivity contribution in [1.29, 1.82) is 0 Å². The number of anilines is 1. The van der Waals surface area contributed by atoms with Gasteiger partial charge >= 0.3 is 0 Å². The summed E-state index contributed by atoms with van der Waals surface area (Å²) in [7, 11) is 1.93. The topological polar surface area (TPSA) is 29.3 Å². The third kappa shape index (κ3) is 1.65. The second-order valence-electron chi connectivity index (χ2n) is 2.69. The van der Waals surface area contributed by atoms with E-state index < -0.39 is 0 Å². The smallest absolute Gasteiger partial charge is 0.0919 e. The molecule has 2 aromatic rings. The Hall–Kier alpha value is 0.0219. The molecule has 2 aromatic heterocycles. The van der Waals surface area contributed by atoms with E-state index in [9.17, 15) is 0 Å². The van der Waals surface area contributed by atoms with E-state index in [0.29, 0.717) is 0 Å². The molecule has 0 unspecified atom stereocenters. The molecule has 0 saturated heterocycles. The first-order valence-electron chi connectivity index (χ1n) is 3.78. The molecule has 0 aliphatic heterocycles. The molecule has 5 heteroatoms. The van der Waals surface area contributed by atoms with Crippen LogP contribution >= 0.6 is 11.3 Å². The van der Waals surface area contributed by atoms with Crippen LogP contribution in [0.15, 0.2) is 0 Å². The van der Waals surface area contributed by atoms with Crippen LogP contribution in [-0.2, 0) is 0 Å². The maximum atomic E-state index is 4.16. The average molecular weight is 418 g/mol.